The quantitative estimate of drug-likeness (QED) is 0.597. The van der Waals surface area contributed by atoms with Crippen LogP contribution in [0.5, 0.6) is 0 Å². The summed E-state index contributed by atoms with van der Waals surface area (Å²) in [5.41, 5.74) is 2.15. The Morgan fingerprint density at radius 3 is 2.41 bits per heavy atom. The number of hydrogen-bond donors (Lipinski definition) is 0. The number of carbonyl (C=O) groups excluding carboxylic acids is 1. The SMILES string of the molecule is Cc1cc(N2CC(C)(C)c3c2ncnc3N2C[C@@H](C)N(C(=O)[C@@]3(C)CCS3(=O)=O)CC2C)ncc1C#N. The van der Waals surface area contributed by atoms with Gasteiger partial charge in [-0.05, 0) is 45.7 Å². The van der Waals surface area contributed by atoms with E-state index in [0.29, 0.717) is 31.6 Å². The molecule has 3 aliphatic rings. The topological polar surface area (TPSA) is 123 Å². The third-order valence-electron chi connectivity index (χ3n) is 8.29. The number of amides is 1. The summed E-state index contributed by atoms with van der Waals surface area (Å²) < 4.78 is 23.5. The van der Waals surface area contributed by atoms with Crippen LogP contribution in [-0.2, 0) is 20.0 Å². The first-order valence-corrected chi connectivity index (χ1v) is 14.3. The van der Waals surface area contributed by atoms with Gasteiger partial charge in [-0.25, -0.2) is 23.4 Å². The van der Waals surface area contributed by atoms with Crippen molar-refractivity contribution in [3.63, 3.8) is 0 Å². The van der Waals surface area contributed by atoms with E-state index in [4.69, 9.17) is 4.98 Å². The van der Waals surface area contributed by atoms with Crippen LogP contribution >= 0.6 is 0 Å². The number of carbonyl (C=O) groups is 1. The minimum atomic E-state index is -3.40. The van der Waals surface area contributed by atoms with E-state index in [9.17, 15) is 18.5 Å². The summed E-state index contributed by atoms with van der Waals surface area (Å²) in [6.07, 6.45) is 3.54. The number of piperazine rings is 1. The number of nitrogens with zero attached hydrogens (tertiary/aromatic N) is 7. The van der Waals surface area contributed by atoms with Gasteiger partial charge in [0.05, 0.1) is 11.3 Å². The highest BCUT2D eigenvalue weighted by molar-refractivity contribution is 7.95. The van der Waals surface area contributed by atoms with E-state index in [-0.39, 0.29) is 29.2 Å². The largest absolute Gasteiger partial charge is 0.350 e. The first-order valence-electron chi connectivity index (χ1n) is 12.6. The van der Waals surface area contributed by atoms with Crippen LogP contribution in [-0.4, -0.2) is 76.4 Å². The minimum absolute atomic E-state index is 0.0642. The van der Waals surface area contributed by atoms with Crippen molar-refractivity contribution in [1.82, 2.24) is 19.9 Å². The van der Waals surface area contributed by atoms with Gasteiger partial charge in [-0.1, -0.05) is 13.8 Å². The molecular weight excluding hydrogens is 490 g/mol. The molecule has 196 valence electrons. The molecule has 2 aromatic heterocycles. The maximum atomic E-state index is 13.3. The number of pyridine rings is 1. The Balaban J connectivity index is 1.47. The van der Waals surface area contributed by atoms with Crippen LogP contribution in [0.15, 0.2) is 18.6 Å². The molecule has 0 aromatic carbocycles. The highest BCUT2D eigenvalue weighted by Gasteiger charge is 2.57. The van der Waals surface area contributed by atoms with Crippen molar-refractivity contribution < 1.29 is 13.2 Å². The van der Waals surface area contributed by atoms with Gasteiger partial charge in [0.15, 0.2) is 9.84 Å². The van der Waals surface area contributed by atoms with E-state index in [1.54, 1.807) is 24.3 Å². The molecule has 0 saturated carbocycles. The summed E-state index contributed by atoms with van der Waals surface area (Å²) in [5, 5.41) is 9.30. The molecule has 37 heavy (non-hydrogen) atoms. The summed E-state index contributed by atoms with van der Waals surface area (Å²) in [6.45, 7) is 13.4. The van der Waals surface area contributed by atoms with Crippen LogP contribution in [0.3, 0.4) is 0 Å². The van der Waals surface area contributed by atoms with Gasteiger partial charge in [0.25, 0.3) is 0 Å². The molecule has 0 aliphatic carbocycles. The molecule has 2 fully saturated rings. The molecule has 0 spiro atoms. The van der Waals surface area contributed by atoms with Crippen molar-refractivity contribution in [3.05, 3.63) is 35.3 Å². The maximum absolute atomic E-state index is 13.3. The van der Waals surface area contributed by atoms with Crippen molar-refractivity contribution in [2.75, 3.05) is 35.2 Å². The highest BCUT2D eigenvalue weighted by atomic mass is 32.2. The zero-order valence-corrected chi connectivity index (χ0v) is 23.0. The molecule has 0 radical (unpaired) electrons. The number of aryl methyl sites for hydroxylation is 1. The van der Waals surface area contributed by atoms with E-state index in [1.807, 2.05) is 26.8 Å². The lowest BCUT2D eigenvalue weighted by atomic mass is 9.87. The monoisotopic (exact) mass is 523 g/mol. The second-order valence-electron chi connectivity index (χ2n) is 11.4. The Hall–Kier alpha value is -3.26. The maximum Gasteiger partial charge on any atom is 0.244 e. The summed E-state index contributed by atoms with van der Waals surface area (Å²) in [5.74, 6) is 2.14. The lowest BCUT2D eigenvalue weighted by molar-refractivity contribution is -0.137. The van der Waals surface area contributed by atoms with Crippen LogP contribution in [0.4, 0.5) is 17.5 Å². The second-order valence-corrected chi connectivity index (χ2v) is 14.0. The van der Waals surface area contributed by atoms with Crippen LogP contribution in [0.2, 0.25) is 0 Å². The standard InChI is InChI=1S/C26H33N7O3S/c1-16-9-20(28-11-19(16)10-27)33-14-25(4,5)21-22(29-15-30-23(21)33)31-12-18(3)32(13-17(31)2)24(34)26(6)7-8-37(26,35)36/h9,11,15,17-18H,7-8,12-14H2,1-6H3/t17?,18-,26-/m1/s1. The van der Waals surface area contributed by atoms with Crippen molar-refractivity contribution in [2.45, 2.75) is 70.2 Å². The van der Waals surface area contributed by atoms with Gasteiger partial charge in [-0.2, -0.15) is 5.26 Å². The third kappa shape index (κ3) is 3.76. The van der Waals surface area contributed by atoms with Crippen LogP contribution in [0.25, 0.3) is 0 Å². The van der Waals surface area contributed by atoms with Crippen molar-refractivity contribution in [3.8, 4) is 6.07 Å². The van der Waals surface area contributed by atoms with Gasteiger partial charge in [0, 0.05) is 48.9 Å². The molecule has 0 N–H and O–H groups in total. The molecule has 11 heteroatoms. The molecule has 10 nitrogen and oxygen atoms in total. The summed E-state index contributed by atoms with van der Waals surface area (Å²) >= 11 is 0. The Morgan fingerprint density at radius 1 is 1.11 bits per heavy atom. The highest BCUT2D eigenvalue weighted by Crippen LogP contribution is 2.47. The van der Waals surface area contributed by atoms with E-state index >= 15 is 0 Å². The number of rotatable bonds is 3. The Bertz CT molecular complexity index is 1430. The lowest BCUT2D eigenvalue weighted by Gasteiger charge is -2.49. The molecule has 2 aromatic rings. The van der Waals surface area contributed by atoms with E-state index in [1.165, 1.54) is 0 Å². The number of hydrogen-bond acceptors (Lipinski definition) is 9. The normalized spacial score (nSPS) is 27.9. The first kappa shape index (κ1) is 25.4. The summed E-state index contributed by atoms with van der Waals surface area (Å²) in [4.78, 5) is 33.3. The van der Waals surface area contributed by atoms with Gasteiger partial charge in [-0.3, -0.25) is 4.79 Å². The zero-order valence-electron chi connectivity index (χ0n) is 22.2. The molecule has 3 atom stereocenters. The van der Waals surface area contributed by atoms with Crippen LogP contribution < -0.4 is 9.80 Å². The Labute approximate surface area is 218 Å². The van der Waals surface area contributed by atoms with Crippen LogP contribution in [0.1, 0.15) is 57.7 Å². The predicted molar refractivity (Wildman–Crippen MR) is 141 cm³/mol. The number of anilines is 3. The van der Waals surface area contributed by atoms with Gasteiger partial charge >= 0.3 is 0 Å². The Morgan fingerprint density at radius 2 is 1.81 bits per heavy atom. The molecular formula is C26H33N7O3S. The number of nitriles is 1. The average Bonchev–Trinajstić information content (AvgIpc) is 3.14. The molecule has 2 saturated heterocycles. The van der Waals surface area contributed by atoms with E-state index in [0.717, 1.165) is 28.6 Å². The lowest BCUT2D eigenvalue weighted by Crippen LogP contribution is -2.66. The molecule has 1 amide bonds. The van der Waals surface area contributed by atoms with Crippen molar-refractivity contribution >= 4 is 33.2 Å². The predicted octanol–water partition coefficient (Wildman–Crippen LogP) is 2.48. The summed E-state index contributed by atoms with van der Waals surface area (Å²) in [6, 6.07) is 3.84. The second kappa shape index (κ2) is 8.38. The fourth-order valence-electron chi connectivity index (χ4n) is 5.76. The fourth-order valence-corrected chi connectivity index (χ4v) is 7.30. The van der Waals surface area contributed by atoms with E-state index in [2.05, 4.69) is 39.7 Å². The fraction of sp³-hybridized carbons (Fsp3) is 0.577. The molecule has 3 aliphatic heterocycles. The van der Waals surface area contributed by atoms with Crippen LogP contribution in [0, 0.1) is 18.3 Å². The Kier molecular flexibility index (Phi) is 5.75. The minimum Gasteiger partial charge on any atom is -0.350 e. The molecule has 1 unspecified atom stereocenters. The average molecular weight is 524 g/mol. The van der Waals surface area contributed by atoms with E-state index < -0.39 is 14.6 Å². The number of sulfone groups is 1. The zero-order chi connectivity index (χ0) is 26.9. The van der Waals surface area contributed by atoms with Crippen molar-refractivity contribution in [1.29, 1.82) is 5.26 Å². The van der Waals surface area contributed by atoms with Gasteiger partial charge < -0.3 is 14.7 Å². The number of aromatic nitrogens is 3. The molecule has 0 bridgehead atoms. The first-order chi connectivity index (χ1) is 17.3. The van der Waals surface area contributed by atoms with Gasteiger partial charge in [-0.15, -0.1) is 0 Å². The molecule has 5 rings (SSSR count). The smallest absolute Gasteiger partial charge is 0.244 e. The van der Waals surface area contributed by atoms with Gasteiger partial charge in [0.1, 0.15) is 34.6 Å². The summed E-state index contributed by atoms with van der Waals surface area (Å²) in [7, 11) is -3.40. The van der Waals surface area contributed by atoms with Crippen molar-refractivity contribution in [2.24, 2.45) is 0 Å². The van der Waals surface area contributed by atoms with Gasteiger partial charge in [0.2, 0.25) is 5.91 Å². The number of fused-ring (bicyclic) bond motifs is 1. The third-order valence-corrected chi connectivity index (χ3v) is 10.8. The molecule has 5 heterocycles.